The first-order valence-electron chi connectivity index (χ1n) is 4.60. The molecule has 0 aromatic carbocycles. The standard InChI is InChI=1S/C8H11F3N2O2S/c9-8(10,11)4-12-7(15)5-3-16-2-1-6(14)13-5/h5H,1-4H2,(H,12,15)(H,13,14)/t5-/m0/s1. The molecule has 0 saturated carbocycles. The van der Waals surface area contributed by atoms with Crippen molar-refractivity contribution < 1.29 is 22.8 Å². The van der Waals surface area contributed by atoms with Gasteiger partial charge in [0.2, 0.25) is 11.8 Å². The van der Waals surface area contributed by atoms with Gasteiger partial charge in [0.25, 0.3) is 0 Å². The number of thioether (sulfide) groups is 1. The van der Waals surface area contributed by atoms with Gasteiger partial charge < -0.3 is 10.6 Å². The first-order chi connectivity index (χ1) is 7.38. The lowest BCUT2D eigenvalue weighted by atomic mass is 10.3. The molecule has 2 amide bonds. The van der Waals surface area contributed by atoms with Crippen LogP contribution >= 0.6 is 11.8 Å². The summed E-state index contributed by atoms with van der Waals surface area (Å²) in [6, 6.07) is -0.873. The number of nitrogens with one attached hydrogen (secondary N) is 2. The van der Waals surface area contributed by atoms with E-state index in [0.717, 1.165) is 0 Å². The highest BCUT2D eigenvalue weighted by atomic mass is 32.2. The van der Waals surface area contributed by atoms with Gasteiger partial charge in [0.05, 0.1) is 0 Å². The summed E-state index contributed by atoms with van der Waals surface area (Å²) in [6.07, 6.45) is -4.15. The molecule has 0 aliphatic carbocycles. The third-order valence-corrected chi connectivity index (χ3v) is 2.93. The summed E-state index contributed by atoms with van der Waals surface area (Å²) in [6.45, 7) is -1.37. The van der Waals surface area contributed by atoms with E-state index in [1.54, 1.807) is 5.32 Å². The van der Waals surface area contributed by atoms with Gasteiger partial charge in [0.1, 0.15) is 12.6 Å². The summed E-state index contributed by atoms with van der Waals surface area (Å²) >= 11 is 1.36. The molecule has 16 heavy (non-hydrogen) atoms. The molecule has 1 aliphatic rings. The second-order valence-electron chi connectivity index (χ2n) is 3.28. The number of hydrogen-bond donors (Lipinski definition) is 2. The summed E-state index contributed by atoms with van der Waals surface area (Å²) < 4.78 is 35.5. The lowest BCUT2D eigenvalue weighted by molar-refractivity contribution is -0.140. The Kier molecular flexibility index (Phi) is 4.45. The topological polar surface area (TPSA) is 58.2 Å². The number of alkyl halides is 3. The number of hydrogen-bond acceptors (Lipinski definition) is 3. The highest BCUT2D eigenvalue weighted by Gasteiger charge is 2.30. The molecule has 0 radical (unpaired) electrons. The molecular weight excluding hydrogens is 245 g/mol. The molecule has 92 valence electrons. The minimum Gasteiger partial charge on any atom is -0.345 e. The van der Waals surface area contributed by atoms with Crippen molar-refractivity contribution in [3.63, 3.8) is 0 Å². The lowest BCUT2D eigenvalue weighted by Gasteiger charge is -2.16. The number of carbonyl (C=O) groups excluding carboxylic acids is 2. The van der Waals surface area contributed by atoms with E-state index >= 15 is 0 Å². The third-order valence-electron chi connectivity index (χ3n) is 1.87. The normalized spacial score (nSPS) is 22.2. The minimum atomic E-state index is -4.43. The van der Waals surface area contributed by atoms with Crippen LogP contribution in [0.2, 0.25) is 0 Å². The van der Waals surface area contributed by atoms with Gasteiger partial charge in [0.15, 0.2) is 0 Å². The van der Waals surface area contributed by atoms with E-state index in [2.05, 4.69) is 5.32 Å². The SMILES string of the molecule is O=C1CCSC[C@@H](C(=O)NCC(F)(F)F)N1. The smallest absolute Gasteiger partial charge is 0.345 e. The number of rotatable bonds is 2. The molecule has 1 saturated heterocycles. The zero-order chi connectivity index (χ0) is 12.2. The molecule has 2 N–H and O–H groups in total. The fraction of sp³-hybridized carbons (Fsp3) is 0.750. The van der Waals surface area contributed by atoms with Gasteiger partial charge in [-0.05, 0) is 0 Å². The summed E-state index contributed by atoms with van der Waals surface area (Å²) in [5.41, 5.74) is 0. The third kappa shape index (κ3) is 4.73. The molecule has 0 bridgehead atoms. The van der Waals surface area contributed by atoms with E-state index in [1.165, 1.54) is 11.8 Å². The summed E-state index contributed by atoms with van der Waals surface area (Å²) in [7, 11) is 0. The predicted octanol–water partition coefficient (Wildman–Crippen LogP) is 0.287. The monoisotopic (exact) mass is 256 g/mol. The van der Waals surface area contributed by atoms with Crippen molar-refractivity contribution in [2.45, 2.75) is 18.6 Å². The van der Waals surface area contributed by atoms with Crippen LogP contribution in [0.5, 0.6) is 0 Å². The largest absolute Gasteiger partial charge is 0.405 e. The zero-order valence-electron chi connectivity index (χ0n) is 8.26. The van der Waals surface area contributed by atoms with Gasteiger partial charge in [-0.25, -0.2) is 0 Å². The Morgan fingerprint density at radius 3 is 2.88 bits per heavy atom. The Bertz CT molecular complexity index is 283. The van der Waals surface area contributed by atoms with Crippen LogP contribution < -0.4 is 10.6 Å². The van der Waals surface area contributed by atoms with Crippen molar-refractivity contribution in [1.29, 1.82) is 0 Å². The van der Waals surface area contributed by atoms with Crippen LogP contribution in [0.15, 0.2) is 0 Å². The van der Waals surface area contributed by atoms with Gasteiger partial charge in [-0.3, -0.25) is 9.59 Å². The van der Waals surface area contributed by atoms with Crippen LogP contribution in [-0.4, -0.2) is 42.1 Å². The van der Waals surface area contributed by atoms with E-state index in [-0.39, 0.29) is 12.3 Å². The quantitative estimate of drug-likeness (QED) is 0.746. The fourth-order valence-electron chi connectivity index (χ4n) is 1.13. The zero-order valence-corrected chi connectivity index (χ0v) is 9.08. The maximum atomic E-state index is 11.8. The summed E-state index contributed by atoms with van der Waals surface area (Å²) in [5, 5.41) is 4.12. The molecule has 1 fully saturated rings. The molecule has 0 aromatic heterocycles. The lowest BCUT2D eigenvalue weighted by Crippen LogP contribution is -2.49. The maximum Gasteiger partial charge on any atom is 0.405 e. The van der Waals surface area contributed by atoms with Crippen LogP contribution in [-0.2, 0) is 9.59 Å². The number of carbonyl (C=O) groups is 2. The van der Waals surface area contributed by atoms with E-state index < -0.39 is 24.7 Å². The Hall–Kier alpha value is -0.920. The van der Waals surface area contributed by atoms with Crippen LogP contribution in [0.3, 0.4) is 0 Å². The molecule has 1 heterocycles. The van der Waals surface area contributed by atoms with Crippen molar-refractivity contribution in [2.24, 2.45) is 0 Å². The highest BCUT2D eigenvalue weighted by molar-refractivity contribution is 7.99. The van der Waals surface area contributed by atoms with E-state index in [9.17, 15) is 22.8 Å². The molecule has 1 aliphatic heterocycles. The van der Waals surface area contributed by atoms with Gasteiger partial charge in [0, 0.05) is 17.9 Å². The maximum absolute atomic E-state index is 11.8. The Morgan fingerprint density at radius 1 is 1.56 bits per heavy atom. The van der Waals surface area contributed by atoms with E-state index in [4.69, 9.17) is 0 Å². The molecule has 8 heteroatoms. The predicted molar refractivity (Wildman–Crippen MR) is 52.9 cm³/mol. The van der Waals surface area contributed by atoms with Crippen molar-refractivity contribution in [3.8, 4) is 0 Å². The van der Waals surface area contributed by atoms with E-state index in [1.807, 2.05) is 0 Å². The van der Waals surface area contributed by atoms with Crippen LogP contribution in [0.4, 0.5) is 13.2 Å². The van der Waals surface area contributed by atoms with Crippen molar-refractivity contribution in [2.75, 3.05) is 18.1 Å². The molecule has 0 unspecified atom stereocenters. The average molecular weight is 256 g/mol. The van der Waals surface area contributed by atoms with Gasteiger partial charge >= 0.3 is 6.18 Å². The fourth-order valence-corrected chi connectivity index (χ4v) is 2.09. The first-order valence-corrected chi connectivity index (χ1v) is 5.75. The van der Waals surface area contributed by atoms with Crippen LogP contribution in [0, 0.1) is 0 Å². The van der Waals surface area contributed by atoms with E-state index in [0.29, 0.717) is 11.5 Å². The van der Waals surface area contributed by atoms with Crippen molar-refractivity contribution in [3.05, 3.63) is 0 Å². The summed E-state index contributed by atoms with van der Waals surface area (Å²) in [5.74, 6) is -0.221. The van der Waals surface area contributed by atoms with Crippen molar-refractivity contribution in [1.82, 2.24) is 10.6 Å². The molecule has 1 atom stereocenters. The Labute approximate surface area is 94.3 Å². The first kappa shape index (κ1) is 13.1. The van der Waals surface area contributed by atoms with Gasteiger partial charge in [-0.2, -0.15) is 24.9 Å². The average Bonchev–Trinajstić information content (AvgIpc) is 2.38. The second-order valence-corrected chi connectivity index (χ2v) is 4.43. The number of amides is 2. The second kappa shape index (κ2) is 5.42. The molecular formula is C8H11F3N2O2S. The van der Waals surface area contributed by atoms with Crippen LogP contribution in [0.1, 0.15) is 6.42 Å². The number of halogens is 3. The Morgan fingerprint density at radius 2 is 2.25 bits per heavy atom. The van der Waals surface area contributed by atoms with Crippen LogP contribution in [0.25, 0.3) is 0 Å². The molecule has 0 aromatic rings. The Balaban J connectivity index is 2.43. The highest BCUT2D eigenvalue weighted by Crippen LogP contribution is 2.13. The van der Waals surface area contributed by atoms with Gasteiger partial charge in [-0.1, -0.05) is 0 Å². The minimum absolute atomic E-state index is 0.285. The summed E-state index contributed by atoms with van der Waals surface area (Å²) in [4.78, 5) is 22.4. The van der Waals surface area contributed by atoms with Crippen molar-refractivity contribution >= 4 is 23.6 Å². The molecule has 1 rings (SSSR count). The molecule has 0 spiro atoms. The van der Waals surface area contributed by atoms with Gasteiger partial charge in [-0.15, -0.1) is 0 Å². The molecule has 4 nitrogen and oxygen atoms in total.